The zero-order chi connectivity index (χ0) is 21.8. The Kier molecular flexibility index (Phi) is 9.93. The summed E-state index contributed by atoms with van der Waals surface area (Å²) in [6.45, 7) is 2.55. The molecule has 0 aromatic heterocycles. The Morgan fingerprint density at radius 2 is 1.93 bits per heavy atom. The molecule has 2 rings (SSSR count). The van der Waals surface area contributed by atoms with Crippen molar-refractivity contribution in [3.05, 3.63) is 71.1 Å². The van der Waals surface area contributed by atoms with Crippen molar-refractivity contribution in [3.63, 3.8) is 0 Å². The Bertz CT molecular complexity index is 931. The van der Waals surface area contributed by atoms with Crippen LogP contribution < -0.4 is 14.8 Å². The summed E-state index contributed by atoms with van der Waals surface area (Å²) in [7, 11) is -3.76. The first kappa shape index (κ1) is 24.0. The number of rotatable bonds is 12. The van der Waals surface area contributed by atoms with E-state index in [0.29, 0.717) is 18.8 Å². The molecule has 0 radical (unpaired) electrons. The van der Waals surface area contributed by atoms with E-state index in [0.717, 1.165) is 22.3 Å². The van der Waals surface area contributed by atoms with Crippen LogP contribution >= 0.6 is 11.8 Å². The highest BCUT2D eigenvalue weighted by Crippen LogP contribution is 2.12. The maximum Gasteiger partial charge on any atom is 0.238 e. The molecule has 1 amide bonds. The van der Waals surface area contributed by atoms with Crippen molar-refractivity contribution in [3.8, 4) is 5.75 Å². The van der Waals surface area contributed by atoms with Crippen molar-refractivity contribution in [2.24, 2.45) is 0 Å². The van der Waals surface area contributed by atoms with Gasteiger partial charge < -0.3 is 10.1 Å². The minimum Gasteiger partial charge on any atom is -0.492 e. The molecule has 0 saturated heterocycles. The topological polar surface area (TPSA) is 84.5 Å². The first-order valence-corrected chi connectivity index (χ1v) is 12.6. The highest BCUT2D eigenvalue weighted by Gasteiger charge is 2.22. The van der Waals surface area contributed by atoms with Crippen molar-refractivity contribution in [2.75, 3.05) is 25.2 Å². The number of carbonyl (C=O) groups is 1. The van der Waals surface area contributed by atoms with Crippen molar-refractivity contribution in [1.29, 1.82) is 0 Å². The lowest BCUT2D eigenvalue weighted by Crippen LogP contribution is -2.47. The van der Waals surface area contributed by atoms with Gasteiger partial charge in [-0.1, -0.05) is 42.5 Å². The summed E-state index contributed by atoms with van der Waals surface area (Å²) in [6, 6.07) is 15.9. The first-order valence-electron chi connectivity index (χ1n) is 9.61. The maximum atomic E-state index is 12.5. The average molecular weight is 449 g/mol. The monoisotopic (exact) mass is 448 g/mol. The number of aryl methyl sites for hydroxylation is 1. The summed E-state index contributed by atoms with van der Waals surface area (Å²) in [5, 5.41) is 3.83. The van der Waals surface area contributed by atoms with Gasteiger partial charge in [0.1, 0.15) is 18.4 Å². The van der Waals surface area contributed by atoms with E-state index in [1.807, 2.05) is 55.6 Å². The zero-order valence-electron chi connectivity index (χ0n) is 17.2. The van der Waals surface area contributed by atoms with Crippen LogP contribution in [0.15, 0.2) is 60.0 Å². The van der Waals surface area contributed by atoms with Crippen molar-refractivity contribution in [1.82, 2.24) is 10.0 Å². The summed E-state index contributed by atoms with van der Waals surface area (Å²) in [5.74, 6) is 1.02. The van der Waals surface area contributed by atoms with Gasteiger partial charge >= 0.3 is 0 Å². The van der Waals surface area contributed by atoms with Crippen LogP contribution in [0, 0.1) is 6.92 Å². The fraction of sp³-hybridized carbons (Fsp3) is 0.318. The van der Waals surface area contributed by atoms with E-state index in [2.05, 4.69) is 10.0 Å². The Balaban J connectivity index is 1.89. The van der Waals surface area contributed by atoms with E-state index in [1.54, 1.807) is 23.9 Å². The van der Waals surface area contributed by atoms with Crippen LogP contribution in [0.3, 0.4) is 0 Å². The molecule has 0 aliphatic carbocycles. The molecule has 0 fully saturated rings. The number of amides is 1. The Morgan fingerprint density at radius 1 is 1.17 bits per heavy atom. The van der Waals surface area contributed by atoms with Crippen LogP contribution in [0.4, 0.5) is 0 Å². The maximum absolute atomic E-state index is 12.5. The fourth-order valence-electron chi connectivity index (χ4n) is 2.62. The fourth-order valence-corrected chi connectivity index (χ4v) is 4.13. The number of hydrogen-bond donors (Lipinski definition) is 2. The van der Waals surface area contributed by atoms with Gasteiger partial charge in [-0.15, -0.1) is 0 Å². The number of hydrogen-bond acceptors (Lipinski definition) is 5. The Hall–Kier alpha value is -2.29. The van der Waals surface area contributed by atoms with Gasteiger partial charge in [0.25, 0.3) is 0 Å². The second-order valence-electron chi connectivity index (χ2n) is 6.67. The molecule has 1 unspecified atom stereocenters. The summed E-state index contributed by atoms with van der Waals surface area (Å²) in [5.41, 5.74) is 1.85. The normalized spacial score (nSPS) is 12.6. The van der Waals surface area contributed by atoms with E-state index in [1.165, 1.54) is 6.08 Å². The largest absolute Gasteiger partial charge is 0.492 e. The second kappa shape index (κ2) is 12.4. The number of nitrogens with one attached hydrogen (secondary N) is 2. The lowest BCUT2D eigenvalue weighted by atomic mass is 10.2. The summed E-state index contributed by atoms with van der Waals surface area (Å²) < 4.78 is 32.9. The van der Waals surface area contributed by atoms with Gasteiger partial charge in [-0.2, -0.15) is 16.5 Å². The van der Waals surface area contributed by atoms with Gasteiger partial charge in [0.05, 0.1) is 6.54 Å². The van der Waals surface area contributed by atoms with Crippen LogP contribution in [-0.2, 0) is 14.8 Å². The van der Waals surface area contributed by atoms with Gasteiger partial charge in [-0.05, 0) is 54.7 Å². The molecule has 0 saturated carbocycles. The first-order chi connectivity index (χ1) is 14.4. The van der Waals surface area contributed by atoms with Gasteiger partial charge in [-0.3, -0.25) is 4.79 Å². The third kappa shape index (κ3) is 9.02. The second-order valence-corrected chi connectivity index (χ2v) is 9.25. The molecule has 1 atom stereocenters. The SMILES string of the molecule is CSCCC(NS(=O)(=O)/C=C/c1ccccc1)C(=O)NCCOc1cccc(C)c1. The molecule has 0 aliphatic rings. The molecule has 0 spiro atoms. The van der Waals surface area contributed by atoms with Crippen molar-refractivity contribution < 1.29 is 17.9 Å². The predicted octanol–water partition coefficient (Wildman–Crippen LogP) is 3.20. The van der Waals surface area contributed by atoms with Gasteiger partial charge in [0.2, 0.25) is 15.9 Å². The number of ether oxygens (including phenoxy) is 1. The number of benzene rings is 2. The van der Waals surface area contributed by atoms with Gasteiger partial charge in [0.15, 0.2) is 0 Å². The predicted molar refractivity (Wildman–Crippen MR) is 124 cm³/mol. The van der Waals surface area contributed by atoms with Crippen LogP contribution in [0.1, 0.15) is 17.5 Å². The summed E-state index contributed by atoms with van der Waals surface area (Å²) in [6.07, 6.45) is 3.81. The van der Waals surface area contributed by atoms with Gasteiger partial charge in [-0.25, -0.2) is 8.42 Å². The number of sulfonamides is 1. The molecule has 8 heteroatoms. The van der Waals surface area contributed by atoms with Crippen LogP contribution in [0.5, 0.6) is 5.75 Å². The van der Waals surface area contributed by atoms with Crippen molar-refractivity contribution in [2.45, 2.75) is 19.4 Å². The molecule has 2 aromatic rings. The van der Waals surface area contributed by atoms with Gasteiger partial charge in [0, 0.05) is 5.41 Å². The number of thioether (sulfide) groups is 1. The Labute approximate surface area is 183 Å². The highest BCUT2D eigenvalue weighted by atomic mass is 32.2. The van der Waals surface area contributed by atoms with Crippen LogP contribution in [0.25, 0.3) is 6.08 Å². The van der Waals surface area contributed by atoms with Crippen LogP contribution in [0.2, 0.25) is 0 Å². The number of carbonyl (C=O) groups excluding carboxylic acids is 1. The van der Waals surface area contributed by atoms with E-state index in [4.69, 9.17) is 4.74 Å². The molecule has 162 valence electrons. The lowest BCUT2D eigenvalue weighted by molar-refractivity contribution is -0.122. The smallest absolute Gasteiger partial charge is 0.238 e. The molecule has 0 bridgehead atoms. The third-order valence-corrected chi connectivity index (χ3v) is 5.88. The molecule has 2 N–H and O–H groups in total. The molecular formula is C22H28N2O4S2. The Morgan fingerprint density at radius 3 is 2.63 bits per heavy atom. The standard InChI is InChI=1S/C22H28N2O4S2/c1-18-7-6-10-20(17-18)28-14-13-23-22(25)21(11-15-29-2)24-30(26,27)16-12-19-8-4-3-5-9-19/h3-10,12,16-17,21,24H,11,13-15H2,1-2H3,(H,23,25)/b16-12+. The zero-order valence-corrected chi connectivity index (χ0v) is 18.8. The van der Waals surface area contributed by atoms with Crippen LogP contribution in [-0.4, -0.2) is 45.5 Å². The quantitative estimate of drug-likeness (QED) is 0.487. The van der Waals surface area contributed by atoms with E-state index < -0.39 is 16.1 Å². The molecular weight excluding hydrogens is 420 g/mol. The van der Waals surface area contributed by atoms with Crippen molar-refractivity contribution >= 4 is 33.8 Å². The third-order valence-electron chi connectivity index (χ3n) is 4.13. The minimum atomic E-state index is -3.76. The molecule has 6 nitrogen and oxygen atoms in total. The van der Waals surface area contributed by atoms with E-state index >= 15 is 0 Å². The summed E-state index contributed by atoms with van der Waals surface area (Å²) >= 11 is 1.55. The molecule has 0 heterocycles. The molecule has 30 heavy (non-hydrogen) atoms. The molecule has 2 aromatic carbocycles. The van der Waals surface area contributed by atoms with E-state index in [-0.39, 0.29) is 12.5 Å². The minimum absolute atomic E-state index is 0.282. The average Bonchev–Trinajstić information content (AvgIpc) is 2.73. The lowest BCUT2D eigenvalue weighted by Gasteiger charge is -2.17. The summed E-state index contributed by atoms with van der Waals surface area (Å²) in [4.78, 5) is 12.5. The van der Waals surface area contributed by atoms with E-state index in [9.17, 15) is 13.2 Å². The highest BCUT2D eigenvalue weighted by molar-refractivity contribution is 7.98. The molecule has 0 aliphatic heterocycles.